The molecule has 5 nitrogen and oxygen atoms in total. The van der Waals surface area contributed by atoms with E-state index >= 15 is 0 Å². The van der Waals surface area contributed by atoms with E-state index in [1.807, 2.05) is 25.1 Å². The molecular weight excluding hydrogens is 475 g/mol. The molecule has 0 radical (unpaired) electrons. The van der Waals surface area contributed by atoms with Gasteiger partial charge in [-0.3, -0.25) is 14.5 Å². The molecule has 3 aromatic carbocycles. The van der Waals surface area contributed by atoms with E-state index in [2.05, 4.69) is 4.98 Å². The van der Waals surface area contributed by atoms with Gasteiger partial charge in [0.2, 0.25) is 0 Å². The van der Waals surface area contributed by atoms with Crippen molar-refractivity contribution in [2.24, 2.45) is 0 Å². The summed E-state index contributed by atoms with van der Waals surface area (Å²) in [7, 11) is 0. The van der Waals surface area contributed by atoms with Gasteiger partial charge in [0.1, 0.15) is 11.6 Å². The van der Waals surface area contributed by atoms with Crippen molar-refractivity contribution >= 4 is 55.7 Å². The third kappa shape index (κ3) is 3.77. The molecule has 0 unspecified atom stereocenters. The van der Waals surface area contributed by atoms with E-state index in [1.54, 1.807) is 24.3 Å². The van der Waals surface area contributed by atoms with Gasteiger partial charge in [0.15, 0.2) is 5.13 Å². The van der Waals surface area contributed by atoms with Gasteiger partial charge in [-0.05, 0) is 66.1 Å². The van der Waals surface area contributed by atoms with Crippen LogP contribution >= 0.6 is 22.9 Å². The largest absolute Gasteiger partial charge is 0.507 e. The maximum absolute atomic E-state index is 13.7. The third-order valence-electron chi connectivity index (χ3n) is 5.80. The van der Waals surface area contributed by atoms with Crippen LogP contribution in [0.2, 0.25) is 5.02 Å². The Balaban J connectivity index is 1.71. The Morgan fingerprint density at radius 2 is 1.79 bits per heavy atom. The highest BCUT2D eigenvalue weighted by Gasteiger charge is 2.48. The highest BCUT2D eigenvalue weighted by molar-refractivity contribution is 7.22. The molecule has 34 heavy (non-hydrogen) atoms. The van der Waals surface area contributed by atoms with E-state index in [-0.39, 0.29) is 11.3 Å². The van der Waals surface area contributed by atoms with Gasteiger partial charge in [-0.15, -0.1) is 0 Å². The summed E-state index contributed by atoms with van der Waals surface area (Å²) < 4.78 is 14.6. The average molecular weight is 493 g/mol. The Bertz CT molecular complexity index is 1460. The van der Waals surface area contributed by atoms with E-state index in [0.29, 0.717) is 26.8 Å². The molecule has 1 fully saturated rings. The van der Waals surface area contributed by atoms with Crippen LogP contribution in [0.5, 0.6) is 0 Å². The quantitative estimate of drug-likeness (QED) is 0.207. The number of hydrogen-bond acceptors (Lipinski definition) is 5. The number of aliphatic hydroxyl groups excluding tert-OH is 1. The smallest absolute Gasteiger partial charge is 0.301 e. The molecule has 0 bridgehead atoms. The number of fused-ring (bicyclic) bond motifs is 1. The van der Waals surface area contributed by atoms with E-state index in [0.717, 1.165) is 16.7 Å². The van der Waals surface area contributed by atoms with Crippen LogP contribution in [-0.4, -0.2) is 21.8 Å². The molecular formula is C26H18ClFN2O3S. The highest BCUT2D eigenvalue weighted by atomic mass is 35.5. The van der Waals surface area contributed by atoms with Crippen molar-refractivity contribution in [2.75, 3.05) is 4.90 Å². The molecule has 4 aromatic rings. The molecule has 0 spiro atoms. The lowest BCUT2D eigenvalue weighted by molar-refractivity contribution is -0.132. The summed E-state index contributed by atoms with van der Waals surface area (Å²) >= 11 is 7.25. The zero-order valence-electron chi connectivity index (χ0n) is 18.0. The number of aryl methyl sites for hydroxylation is 1. The summed E-state index contributed by atoms with van der Waals surface area (Å²) in [6.07, 6.45) is 0.852. The van der Waals surface area contributed by atoms with Gasteiger partial charge < -0.3 is 5.11 Å². The number of aromatic nitrogens is 1. The first-order valence-corrected chi connectivity index (χ1v) is 11.8. The Morgan fingerprint density at radius 3 is 2.47 bits per heavy atom. The topological polar surface area (TPSA) is 70.5 Å². The fourth-order valence-corrected chi connectivity index (χ4v) is 5.22. The van der Waals surface area contributed by atoms with Crippen LogP contribution in [-0.2, 0) is 16.0 Å². The fourth-order valence-electron chi connectivity index (χ4n) is 4.03. The summed E-state index contributed by atoms with van der Waals surface area (Å²) in [4.78, 5) is 32.4. The van der Waals surface area contributed by atoms with Crippen molar-refractivity contribution in [3.05, 3.63) is 99.8 Å². The van der Waals surface area contributed by atoms with Crippen LogP contribution < -0.4 is 4.90 Å². The standard InChI is InChI=1S/C26H18ClFN2O3S/c1-2-14-3-12-19-20(13-14)34-26(29-19)30-22(15-6-10-18(28)11-7-15)21(24(32)25(30)33)23(31)16-4-8-17(27)9-5-16/h3-13,22,31H,2H2,1H3/t22-/m1/s1. The number of halogens is 2. The molecule has 170 valence electrons. The monoisotopic (exact) mass is 492 g/mol. The van der Waals surface area contributed by atoms with Crippen molar-refractivity contribution in [2.45, 2.75) is 19.4 Å². The van der Waals surface area contributed by atoms with Gasteiger partial charge in [-0.1, -0.05) is 48.1 Å². The molecule has 1 amide bonds. The Labute approximate surface area is 203 Å². The SMILES string of the molecule is CCc1ccc2nc(N3C(=O)C(=O)C(=C(O)c4ccc(Cl)cc4)[C@H]3c3ccc(F)cc3)sc2c1. The van der Waals surface area contributed by atoms with Crippen LogP contribution in [0.4, 0.5) is 9.52 Å². The molecule has 1 saturated heterocycles. The molecule has 1 atom stereocenters. The van der Waals surface area contributed by atoms with Crippen LogP contribution in [0.1, 0.15) is 29.7 Å². The summed E-state index contributed by atoms with van der Waals surface area (Å²) in [5.74, 6) is -2.43. The zero-order chi connectivity index (χ0) is 24.0. The molecule has 1 aliphatic rings. The number of hydrogen-bond donors (Lipinski definition) is 1. The number of anilines is 1. The summed E-state index contributed by atoms with van der Waals surface area (Å²) in [5.41, 5.74) is 2.56. The van der Waals surface area contributed by atoms with Gasteiger partial charge in [0, 0.05) is 10.6 Å². The maximum atomic E-state index is 13.7. The van der Waals surface area contributed by atoms with Crippen molar-refractivity contribution < 1.29 is 19.1 Å². The van der Waals surface area contributed by atoms with Crippen molar-refractivity contribution in [3.8, 4) is 0 Å². The first-order chi connectivity index (χ1) is 16.4. The van der Waals surface area contributed by atoms with E-state index < -0.39 is 23.5 Å². The Kier molecular flexibility index (Phi) is 5.67. The third-order valence-corrected chi connectivity index (χ3v) is 7.07. The van der Waals surface area contributed by atoms with E-state index in [9.17, 15) is 19.1 Å². The van der Waals surface area contributed by atoms with Crippen LogP contribution in [0.3, 0.4) is 0 Å². The minimum absolute atomic E-state index is 0.0903. The number of benzene rings is 3. The minimum Gasteiger partial charge on any atom is -0.507 e. The molecule has 1 aliphatic heterocycles. The lowest BCUT2D eigenvalue weighted by atomic mass is 9.95. The first-order valence-electron chi connectivity index (χ1n) is 10.6. The lowest BCUT2D eigenvalue weighted by Crippen LogP contribution is -2.29. The number of carbonyl (C=O) groups is 2. The average Bonchev–Trinajstić information content (AvgIpc) is 3.37. The number of thiazole rings is 1. The number of aliphatic hydroxyl groups is 1. The molecule has 0 aliphatic carbocycles. The van der Waals surface area contributed by atoms with Gasteiger partial charge in [0.25, 0.3) is 5.78 Å². The van der Waals surface area contributed by atoms with Gasteiger partial charge in [-0.2, -0.15) is 0 Å². The Morgan fingerprint density at radius 1 is 1.09 bits per heavy atom. The number of nitrogens with zero attached hydrogens (tertiary/aromatic N) is 2. The number of rotatable bonds is 4. The highest BCUT2D eigenvalue weighted by Crippen LogP contribution is 2.44. The summed E-state index contributed by atoms with van der Waals surface area (Å²) in [6, 6.07) is 16.7. The molecule has 5 rings (SSSR count). The predicted octanol–water partition coefficient (Wildman–Crippen LogP) is 6.28. The van der Waals surface area contributed by atoms with Crippen LogP contribution in [0.15, 0.2) is 72.3 Å². The minimum atomic E-state index is -0.970. The van der Waals surface area contributed by atoms with Crippen molar-refractivity contribution in [1.29, 1.82) is 0 Å². The summed E-state index contributed by atoms with van der Waals surface area (Å²) in [5, 5.41) is 11.9. The predicted molar refractivity (Wildman–Crippen MR) is 132 cm³/mol. The number of carbonyl (C=O) groups excluding carboxylic acids is 2. The second-order valence-electron chi connectivity index (χ2n) is 7.88. The van der Waals surface area contributed by atoms with Crippen LogP contribution in [0, 0.1) is 5.82 Å². The second-order valence-corrected chi connectivity index (χ2v) is 9.33. The van der Waals surface area contributed by atoms with Gasteiger partial charge in [0.05, 0.1) is 21.8 Å². The van der Waals surface area contributed by atoms with Crippen molar-refractivity contribution in [3.63, 3.8) is 0 Å². The Hall–Kier alpha value is -3.55. The number of amides is 1. The molecule has 8 heteroatoms. The number of Topliss-reactive ketones (excluding diaryl/α,β-unsaturated/α-hetero) is 1. The lowest BCUT2D eigenvalue weighted by Gasteiger charge is -2.23. The van der Waals surface area contributed by atoms with E-state index in [4.69, 9.17) is 11.6 Å². The maximum Gasteiger partial charge on any atom is 0.301 e. The first kappa shape index (κ1) is 22.3. The van der Waals surface area contributed by atoms with Crippen LogP contribution in [0.25, 0.3) is 16.0 Å². The normalized spacial score (nSPS) is 17.6. The second kappa shape index (κ2) is 8.66. The number of ketones is 1. The molecule has 1 N–H and O–H groups in total. The van der Waals surface area contributed by atoms with E-state index in [1.165, 1.54) is 40.5 Å². The van der Waals surface area contributed by atoms with Crippen molar-refractivity contribution in [1.82, 2.24) is 4.98 Å². The van der Waals surface area contributed by atoms with Gasteiger partial charge in [-0.25, -0.2) is 9.37 Å². The zero-order valence-corrected chi connectivity index (χ0v) is 19.5. The molecule has 2 heterocycles. The fraction of sp³-hybridized carbons (Fsp3) is 0.115. The van der Waals surface area contributed by atoms with Gasteiger partial charge >= 0.3 is 5.91 Å². The molecule has 1 aromatic heterocycles. The molecule has 0 saturated carbocycles. The summed E-state index contributed by atoms with van der Waals surface area (Å²) in [6.45, 7) is 2.05.